The first-order chi connectivity index (χ1) is 8.43. The van der Waals surface area contributed by atoms with E-state index in [9.17, 15) is 0 Å². The number of nitrogens with two attached hydrogens (primary N) is 1. The molecule has 1 aromatic carbocycles. The molecule has 0 aliphatic rings. The lowest BCUT2D eigenvalue weighted by Gasteiger charge is -2.28. The van der Waals surface area contributed by atoms with Crippen molar-refractivity contribution in [3.63, 3.8) is 0 Å². The lowest BCUT2D eigenvalue weighted by molar-refractivity contribution is 0.181. The highest BCUT2D eigenvalue weighted by molar-refractivity contribution is 6.30. The Morgan fingerprint density at radius 3 is 2.44 bits per heavy atom. The fourth-order valence-electron chi connectivity index (χ4n) is 1.72. The van der Waals surface area contributed by atoms with Crippen molar-refractivity contribution in [2.75, 3.05) is 33.3 Å². The van der Waals surface area contributed by atoms with Crippen LogP contribution in [0.5, 0.6) is 5.75 Å². The van der Waals surface area contributed by atoms with Gasteiger partial charge in [-0.1, -0.05) is 25.4 Å². The van der Waals surface area contributed by atoms with Crippen LogP contribution in [0.4, 0.5) is 0 Å². The second-order valence-corrected chi connectivity index (χ2v) is 5.84. The molecule has 0 saturated carbocycles. The maximum Gasteiger partial charge on any atom is 0.119 e. The molecule has 1 aromatic rings. The molecule has 0 atom stereocenters. The van der Waals surface area contributed by atoms with Gasteiger partial charge in [0, 0.05) is 18.1 Å². The van der Waals surface area contributed by atoms with Crippen LogP contribution in [0.3, 0.4) is 0 Å². The molecule has 0 saturated heterocycles. The van der Waals surface area contributed by atoms with Gasteiger partial charge in [0.05, 0.1) is 0 Å². The van der Waals surface area contributed by atoms with E-state index in [0.29, 0.717) is 13.2 Å². The molecular weight excluding hydrogens is 248 g/mol. The van der Waals surface area contributed by atoms with Crippen molar-refractivity contribution >= 4 is 11.6 Å². The van der Waals surface area contributed by atoms with Crippen LogP contribution >= 0.6 is 11.6 Å². The standard InChI is InChI=1S/C14H23ClN2O/c1-14(2,10-16)11-17(3)8-9-18-13-6-4-12(15)5-7-13/h4-7H,8-11,16H2,1-3H3. The van der Waals surface area contributed by atoms with Gasteiger partial charge in [-0.2, -0.15) is 0 Å². The molecule has 0 aliphatic heterocycles. The van der Waals surface area contributed by atoms with Crippen LogP contribution in [-0.4, -0.2) is 38.2 Å². The Balaban J connectivity index is 2.27. The summed E-state index contributed by atoms with van der Waals surface area (Å²) in [5.41, 5.74) is 5.87. The molecule has 102 valence electrons. The lowest BCUT2D eigenvalue weighted by atomic mass is 9.93. The summed E-state index contributed by atoms with van der Waals surface area (Å²) in [6.07, 6.45) is 0. The van der Waals surface area contributed by atoms with Crippen LogP contribution in [0.25, 0.3) is 0 Å². The Morgan fingerprint density at radius 2 is 1.89 bits per heavy atom. The summed E-state index contributed by atoms with van der Waals surface area (Å²) in [5.74, 6) is 0.853. The van der Waals surface area contributed by atoms with E-state index in [1.807, 2.05) is 24.3 Å². The summed E-state index contributed by atoms with van der Waals surface area (Å²) < 4.78 is 5.65. The molecule has 0 fully saturated rings. The minimum atomic E-state index is 0.148. The Morgan fingerprint density at radius 1 is 1.28 bits per heavy atom. The van der Waals surface area contributed by atoms with E-state index in [-0.39, 0.29) is 5.41 Å². The lowest BCUT2D eigenvalue weighted by Crippen LogP contribution is -2.38. The molecule has 0 spiro atoms. The molecule has 0 unspecified atom stereocenters. The largest absolute Gasteiger partial charge is 0.492 e. The van der Waals surface area contributed by atoms with E-state index in [2.05, 4.69) is 25.8 Å². The number of likely N-dealkylation sites (N-methyl/N-ethyl adjacent to an activating group) is 1. The topological polar surface area (TPSA) is 38.5 Å². The van der Waals surface area contributed by atoms with Gasteiger partial charge in [0.1, 0.15) is 12.4 Å². The number of nitrogens with zero attached hydrogens (tertiary/aromatic N) is 1. The summed E-state index contributed by atoms with van der Waals surface area (Å²) in [5, 5.41) is 0.726. The Hall–Kier alpha value is -0.770. The maximum atomic E-state index is 5.81. The molecular formula is C14H23ClN2O. The summed E-state index contributed by atoms with van der Waals surface area (Å²) >= 11 is 5.81. The average Bonchev–Trinajstić information content (AvgIpc) is 2.31. The van der Waals surface area contributed by atoms with Gasteiger partial charge in [0.25, 0.3) is 0 Å². The van der Waals surface area contributed by atoms with E-state index in [1.54, 1.807) is 0 Å². The number of halogens is 1. The van der Waals surface area contributed by atoms with E-state index in [0.717, 1.165) is 23.9 Å². The van der Waals surface area contributed by atoms with Gasteiger partial charge in [0.2, 0.25) is 0 Å². The first kappa shape index (κ1) is 15.3. The van der Waals surface area contributed by atoms with Gasteiger partial charge >= 0.3 is 0 Å². The summed E-state index contributed by atoms with van der Waals surface area (Å²) in [4.78, 5) is 2.24. The van der Waals surface area contributed by atoms with Gasteiger partial charge in [-0.3, -0.25) is 0 Å². The van der Waals surface area contributed by atoms with Gasteiger partial charge in [-0.15, -0.1) is 0 Å². The van der Waals surface area contributed by atoms with E-state index in [1.165, 1.54) is 0 Å². The Labute approximate surface area is 115 Å². The molecule has 18 heavy (non-hydrogen) atoms. The SMILES string of the molecule is CN(CCOc1ccc(Cl)cc1)CC(C)(C)CN. The number of benzene rings is 1. The Bertz CT molecular complexity index is 351. The van der Waals surface area contributed by atoms with Crippen LogP contribution in [0.1, 0.15) is 13.8 Å². The molecule has 0 radical (unpaired) electrons. The third-order valence-electron chi connectivity index (χ3n) is 2.81. The number of ether oxygens (including phenoxy) is 1. The maximum absolute atomic E-state index is 5.81. The normalized spacial score (nSPS) is 11.9. The third-order valence-corrected chi connectivity index (χ3v) is 3.06. The van der Waals surface area contributed by atoms with Crippen LogP contribution in [0.2, 0.25) is 5.02 Å². The van der Waals surface area contributed by atoms with Crippen molar-refractivity contribution in [2.45, 2.75) is 13.8 Å². The Kier molecular flexibility index (Phi) is 5.93. The van der Waals surface area contributed by atoms with E-state index < -0.39 is 0 Å². The highest BCUT2D eigenvalue weighted by Gasteiger charge is 2.17. The molecule has 2 N–H and O–H groups in total. The van der Waals surface area contributed by atoms with Crippen LogP contribution < -0.4 is 10.5 Å². The second kappa shape index (κ2) is 6.98. The highest BCUT2D eigenvalue weighted by atomic mass is 35.5. The molecule has 4 heteroatoms. The zero-order chi connectivity index (χ0) is 13.6. The molecule has 0 amide bonds. The zero-order valence-corrected chi connectivity index (χ0v) is 12.2. The quantitative estimate of drug-likeness (QED) is 0.828. The average molecular weight is 271 g/mol. The minimum Gasteiger partial charge on any atom is -0.492 e. The van der Waals surface area contributed by atoms with Crippen molar-refractivity contribution in [2.24, 2.45) is 11.1 Å². The number of hydrogen-bond acceptors (Lipinski definition) is 3. The second-order valence-electron chi connectivity index (χ2n) is 5.41. The molecule has 1 rings (SSSR count). The van der Waals surface area contributed by atoms with Crippen molar-refractivity contribution in [3.8, 4) is 5.75 Å². The van der Waals surface area contributed by atoms with Crippen LogP contribution in [0, 0.1) is 5.41 Å². The smallest absolute Gasteiger partial charge is 0.119 e. The van der Waals surface area contributed by atoms with Crippen LogP contribution in [-0.2, 0) is 0 Å². The fraction of sp³-hybridized carbons (Fsp3) is 0.571. The van der Waals surface area contributed by atoms with Gasteiger partial charge < -0.3 is 15.4 Å². The predicted octanol–water partition coefficient (Wildman–Crippen LogP) is 2.64. The monoisotopic (exact) mass is 270 g/mol. The molecule has 3 nitrogen and oxygen atoms in total. The highest BCUT2D eigenvalue weighted by Crippen LogP contribution is 2.16. The van der Waals surface area contributed by atoms with Crippen molar-refractivity contribution in [1.82, 2.24) is 4.90 Å². The van der Waals surface area contributed by atoms with Crippen molar-refractivity contribution < 1.29 is 4.74 Å². The molecule has 0 aliphatic carbocycles. The first-order valence-corrected chi connectivity index (χ1v) is 6.58. The fourth-order valence-corrected chi connectivity index (χ4v) is 1.85. The predicted molar refractivity (Wildman–Crippen MR) is 77.3 cm³/mol. The summed E-state index contributed by atoms with van der Waals surface area (Å²) in [6, 6.07) is 7.43. The first-order valence-electron chi connectivity index (χ1n) is 6.20. The van der Waals surface area contributed by atoms with E-state index >= 15 is 0 Å². The van der Waals surface area contributed by atoms with Crippen LogP contribution in [0.15, 0.2) is 24.3 Å². The zero-order valence-electron chi connectivity index (χ0n) is 11.4. The third kappa shape index (κ3) is 5.71. The number of rotatable bonds is 7. The van der Waals surface area contributed by atoms with Gasteiger partial charge in [-0.05, 0) is 43.3 Å². The number of hydrogen-bond donors (Lipinski definition) is 1. The molecule has 0 aromatic heterocycles. The van der Waals surface area contributed by atoms with Gasteiger partial charge in [0.15, 0.2) is 0 Å². The summed E-state index contributed by atoms with van der Waals surface area (Å²) in [7, 11) is 2.09. The van der Waals surface area contributed by atoms with Crippen molar-refractivity contribution in [1.29, 1.82) is 0 Å². The van der Waals surface area contributed by atoms with Gasteiger partial charge in [-0.25, -0.2) is 0 Å². The molecule has 0 heterocycles. The minimum absolute atomic E-state index is 0.148. The van der Waals surface area contributed by atoms with E-state index in [4.69, 9.17) is 22.1 Å². The molecule has 0 bridgehead atoms. The summed E-state index contributed by atoms with van der Waals surface area (Å²) in [6.45, 7) is 7.54. The van der Waals surface area contributed by atoms with Crippen molar-refractivity contribution in [3.05, 3.63) is 29.3 Å².